The van der Waals surface area contributed by atoms with Crippen molar-refractivity contribution in [3.63, 3.8) is 0 Å². The fraction of sp³-hybridized carbons (Fsp3) is 0.841. The number of carbonyl (C=O) groups is 5. The second-order valence-corrected chi connectivity index (χ2v) is 17.0. The van der Waals surface area contributed by atoms with Crippen molar-refractivity contribution in [3.05, 3.63) is 12.2 Å². The number of nitrogens with one attached hydrogen (secondary N) is 1. The molecule has 0 spiro atoms. The average molecular weight is 865 g/mol. The van der Waals surface area contributed by atoms with Gasteiger partial charge in [0.15, 0.2) is 6.10 Å². The van der Waals surface area contributed by atoms with Crippen LogP contribution in [-0.2, 0) is 47.1 Å². The molecule has 1 aliphatic heterocycles. The summed E-state index contributed by atoms with van der Waals surface area (Å²) < 4.78 is 33.2. The van der Waals surface area contributed by atoms with Gasteiger partial charge in [0.1, 0.15) is 6.61 Å². The quantitative estimate of drug-likeness (QED) is 0.0239. The van der Waals surface area contributed by atoms with Gasteiger partial charge in [0.05, 0.1) is 13.2 Å². The first-order chi connectivity index (χ1) is 28.1. The van der Waals surface area contributed by atoms with Crippen LogP contribution >= 0.6 is 7.82 Å². The van der Waals surface area contributed by atoms with E-state index in [1.165, 1.54) is 116 Å². The molecule has 336 valence electrons. The molecule has 0 aliphatic carbocycles. The molecule has 0 radical (unpaired) electrons. The van der Waals surface area contributed by atoms with Gasteiger partial charge in [-0.1, -0.05) is 168 Å². The van der Waals surface area contributed by atoms with Gasteiger partial charge in [-0.05, 0) is 12.8 Å². The Labute approximate surface area is 378 Å². The van der Waals surface area contributed by atoms with Crippen LogP contribution in [0.4, 0.5) is 0 Å². The third-order valence-corrected chi connectivity index (χ3v) is 11.2. The Morgan fingerprint density at radius 3 is 1.46 bits per heavy atom. The zero-order valence-electron chi connectivity index (χ0n) is 37.2. The molecule has 0 aromatic carbocycles. The summed E-state index contributed by atoms with van der Waals surface area (Å²) in [6.07, 6.45) is 32.0. The van der Waals surface area contributed by atoms with Crippen LogP contribution in [0.3, 0.4) is 0 Å². The van der Waals surface area contributed by atoms with Gasteiger partial charge in [-0.2, -0.15) is 0 Å². The van der Waals surface area contributed by atoms with E-state index in [0.717, 1.165) is 55.6 Å². The van der Waals surface area contributed by atoms with Crippen LogP contribution in [0.2, 0.25) is 0 Å². The van der Waals surface area contributed by atoms with E-state index in [-0.39, 0.29) is 68.5 Å². The number of ether oxygens (including phenoxy) is 2. The van der Waals surface area contributed by atoms with Gasteiger partial charge in [-0.3, -0.25) is 33.4 Å². The second kappa shape index (κ2) is 39.3. The first-order valence-electron chi connectivity index (χ1n) is 22.8. The number of phosphoric ester groups is 1. The van der Waals surface area contributed by atoms with Crippen LogP contribution in [0.5, 0.6) is 0 Å². The third-order valence-electron chi connectivity index (χ3n) is 10.3. The molecule has 15 heteroatoms. The van der Waals surface area contributed by atoms with Gasteiger partial charge in [0, 0.05) is 44.5 Å². The van der Waals surface area contributed by atoms with E-state index in [1.807, 2.05) is 0 Å². The number of hydrogen-bond donors (Lipinski definition) is 1. The number of phosphoric acid groups is 1. The van der Waals surface area contributed by atoms with Crippen LogP contribution in [0.25, 0.3) is 0 Å². The Morgan fingerprint density at radius 2 is 1.02 bits per heavy atom. The van der Waals surface area contributed by atoms with E-state index < -0.39 is 56.8 Å². The Kier molecular flexibility index (Phi) is 38.2. The molecule has 2 atom stereocenters. The molecule has 1 heterocycles. The minimum atomic E-state index is -4.88. The van der Waals surface area contributed by atoms with E-state index in [9.17, 15) is 33.4 Å². The second-order valence-electron chi connectivity index (χ2n) is 15.6. The third kappa shape index (κ3) is 34.7. The van der Waals surface area contributed by atoms with E-state index in [0.29, 0.717) is 12.8 Å². The summed E-state index contributed by atoms with van der Waals surface area (Å²) in [5.74, 6) is -2.49. The van der Waals surface area contributed by atoms with Gasteiger partial charge in [-0.25, -0.2) is 0 Å². The summed E-state index contributed by atoms with van der Waals surface area (Å²) in [4.78, 5) is 73.9. The maximum absolute atomic E-state index is 12.7. The minimum Gasteiger partial charge on any atom is -0.756 e. The summed E-state index contributed by atoms with van der Waals surface area (Å²) in [5.41, 5.74) is 0. The van der Waals surface area contributed by atoms with Crippen LogP contribution in [0.1, 0.15) is 200 Å². The predicted molar refractivity (Wildman–Crippen MR) is 224 cm³/mol. The summed E-state index contributed by atoms with van der Waals surface area (Å²) >= 11 is 0. The fourth-order valence-corrected chi connectivity index (χ4v) is 7.44. The molecule has 1 N–H and O–H groups in total. The molecule has 0 aromatic heterocycles. The van der Waals surface area contributed by atoms with Crippen molar-refractivity contribution in [2.45, 2.75) is 206 Å². The standard InChI is InChI=1S/C44H79N2O11P.Na/c1-3-5-7-9-11-13-15-17-19-21-23-25-27-29-43(50)54-37-39(57-44(51)30-28-26-24-22-20-18-16-14-12-10-8-6-4-2)38-56-58(52,53)55-36-34-45-40(47)33-35-46-41(48)31-32-42(46)49;/h31-32,39H,3-30,33-38H2,1-2H3,(H,45,47)(H,52,53);/q;+1/p-1/t39-;/m1./s1. The molecule has 59 heavy (non-hydrogen) atoms. The Balaban J connectivity index is 0.0000336. The summed E-state index contributed by atoms with van der Waals surface area (Å²) in [5, 5.41) is 2.45. The van der Waals surface area contributed by atoms with Gasteiger partial charge >= 0.3 is 41.5 Å². The fourth-order valence-electron chi connectivity index (χ4n) is 6.71. The molecule has 0 aromatic rings. The maximum atomic E-state index is 12.7. The number of imide groups is 1. The van der Waals surface area contributed by atoms with E-state index in [4.69, 9.17) is 18.5 Å². The van der Waals surface area contributed by atoms with E-state index in [1.54, 1.807) is 0 Å². The molecule has 1 unspecified atom stereocenters. The van der Waals surface area contributed by atoms with Crippen molar-refractivity contribution in [1.82, 2.24) is 10.2 Å². The zero-order chi connectivity index (χ0) is 42.5. The molecule has 0 bridgehead atoms. The molecule has 1 aliphatic rings. The number of rotatable bonds is 41. The predicted octanol–water partition coefficient (Wildman–Crippen LogP) is 6.34. The van der Waals surface area contributed by atoms with Gasteiger partial charge < -0.3 is 28.7 Å². The normalized spacial score (nSPS) is 13.9. The van der Waals surface area contributed by atoms with Crippen molar-refractivity contribution in [3.8, 4) is 0 Å². The zero-order valence-corrected chi connectivity index (χ0v) is 40.1. The van der Waals surface area contributed by atoms with Crippen molar-refractivity contribution >= 4 is 37.5 Å². The largest absolute Gasteiger partial charge is 1.00 e. The number of unbranched alkanes of at least 4 members (excludes halogenated alkanes) is 24. The average Bonchev–Trinajstić information content (AvgIpc) is 3.52. The molecule has 13 nitrogen and oxygen atoms in total. The molecule has 3 amide bonds. The smallest absolute Gasteiger partial charge is 0.756 e. The SMILES string of the molecule is CCCCCCCCCCCCCCCC(=O)OC[C@H](COP(=O)([O-])OCCNC(=O)CCN1C(=O)C=CC1=O)OC(=O)CCCCCCCCCCCCCCC.[Na+]. The number of hydrogen-bond acceptors (Lipinski definition) is 11. The van der Waals surface area contributed by atoms with Crippen molar-refractivity contribution in [1.29, 1.82) is 0 Å². The first kappa shape index (κ1) is 57.4. The maximum Gasteiger partial charge on any atom is 1.00 e. The minimum absolute atomic E-state index is 0. The monoisotopic (exact) mass is 865 g/mol. The number of nitrogens with zero attached hydrogens (tertiary/aromatic N) is 1. The van der Waals surface area contributed by atoms with Crippen LogP contribution in [0, 0.1) is 0 Å². The van der Waals surface area contributed by atoms with Gasteiger partial charge in [-0.15, -0.1) is 0 Å². The Bertz CT molecular complexity index is 1190. The summed E-state index contributed by atoms with van der Waals surface area (Å²) in [7, 11) is -4.88. The summed E-state index contributed by atoms with van der Waals surface area (Å²) in [6.45, 7) is 2.79. The van der Waals surface area contributed by atoms with Crippen LogP contribution < -0.4 is 39.8 Å². The van der Waals surface area contributed by atoms with Gasteiger partial charge in [0.2, 0.25) is 5.91 Å². The topological polar surface area (TPSA) is 178 Å². The Hall–Kier alpha value is -1.60. The number of amides is 3. The Morgan fingerprint density at radius 1 is 0.610 bits per heavy atom. The molecular formula is C44H78N2NaO11P. The van der Waals surface area contributed by atoms with Crippen LogP contribution in [-0.4, -0.2) is 73.6 Å². The molecule has 1 rings (SSSR count). The van der Waals surface area contributed by atoms with E-state index >= 15 is 0 Å². The molecular weight excluding hydrogens is 786 g/mol. The number of carbonyl (C=O) groups excluding carboxylic acids is 5. The molecule has 0 fully saturated rings. The summed E-state index contributed by atoms with van der Waals surface area (Å²) in [6, 6.07) is 0. The van der Waals surface area contributed by atoms with Crippen molar-refractivity contribution in [2.24, 2.45) is 0 Å². The van der Waals surface area contributed by atoms with Crippen LogP contribution in [0.15, 0.2) is 12.2 Å². The van der Waals surface area contributed by atoms with Crippen molar-refractivity contribution < 1.29 is 81.5 Å². The molecule has 0 saturated carbocycles. The van der Waals surface area contributed by atoms with Gasteiger partial charge in [0.25, 0.3) is 19.6 Å². The first-order valence-corrected chi connectivity index (χ1v) is 24.3. The number of esters is 2. The van der Waals surface area contributed by atoms with E-state index in [2.05, 4.69) is 19.2 Å². The van der Waals surface area contributed by atoms with Crippen molar-refractivity contribution in [2.75, 3.05) is 32.9 Å². The molecule has 0 saturated heterocycles.